The molecule has 0 fully saturated rings. The molecule has 2 rings (SSSR count). The number of nitrogens with one attached hydrogen (secondary N) is 2. The number of amides is 1. The number of H-pyrrole nitrogens is 1. The maximum absolute atomic E-state index is 12.1. The average molecular weight is 339 g/mol. The van der Waals surface area contributed by atoms with Gasteiger partial charge in [-0.2, -0.15) is 5.10 Å². The predicted octanol–water partition coefficient (Wildman–Crippen LogP) is 2.90. The third-order valence-corrected chi connectivity index (χ3v) is 3.51. The van der Waals surface area contributed by atoms with Crippen molar-refractivity contribution < 1.29 is 9.72 Å². The first-order valence-corrected chi connectivity index (χ1v) is 6.60. The fraction of sp³-hybridized carbons (Fsp3) is 0.167. The van der Waals surface area contributed by atoms with Crippen molar-refractivity contribution >= 4 is 33.3 Å². The van der Waals surface area contributed by atoms with E-state index in [0.717, 1.165) is 12.1 Å². The maximum Gasteiger partial charge on any atom is 0.284 e. The molecule has 0 saturated heterocycles. The van der Waals surface area contributed by atoms with E-state index in [1.54, 1.807) is 6.07 Å². The predicted molar refractivity (Wildman–Crippen MR) is 76.7 cm³/mol. The van der Waals surface area contributed by atoms with Gasteiger partial charge in [-0.15, -0.1) is 0 Å². The van der Waals surface area contributed by atoms with Crippen molar-refractivity contribution in [1.29, 1.82) is 0 Å². The lowest BCUT2D eigenvalue weighted by Gasteiger charge is -2.04. The number of benzene rings is 1. The molecule has 1 aromatic carbocycles. The molecule has 1 heterocycles. The molecule has 0 bridgehead atoms. The molecule has 2 N–H and O–H groups in total. The molecule has 8 heteroatoms. The Morgan fingerprint density at radius 2 is 2.30 bits per heavy atom. The minimum Gasteiger partial charge on any atom is -0.305 e. The van der Waals surface area contributed by atoms with Gasteiger partial charge < -0.3 is 5.32 Å². The fourth-order valence-corrected chi connectivity index (χ4v) is 2.22. The number of nitrogens with zero attached hydrogens (tertiary/aromatic N) is 2. The smallest absolute Gasteiger partial charge is 0.284 e. The van der Waals surface area contributed by atoms with Gasteiger partial charge in [-0.25, -0.2) is 0 Å². The molecular formula is C12H11BrN4O3. The Hall–Kier alpha value is -2.22. The first-order valence-electron chi connectivity index (χ1n) is 5.81. The van der Waals surface area contributed by atoms with Gasteiger partial charge in [0.05, 0.1) is 10.5 Å². The summed E-state index contributed by atoms with van der Waals surface area (Å²) < 4.78 is 0.147. The van der Waals surface area contributed by atoms with Crippen LogP contribution in [-0.2, 0) is 6.42 Å². The van der Waals surface area contributed by atoms with Gasteiger partial charge >= 0.3 is 0 Å². The van der Waals surface area contributed by atoms with Gasteiger partial charge in [0.1, 0.15) is 4.47 Å². The Morgan fingerprint density at radius 1 is 1.55 bits per heavy atom. The number of nitro groups is 1. The van der Waals surface area contributed by atoms with E-state index in [-0.39, 0.29) is 15.7 Å². The zero-order chi connectivity index (χ0) is 14.7. The number of aryl methyl sites for hydroxylation is 1. The van der Waals surface area contributed by atoms with Crippen LogP contribution in [0.3, 0.4) is 0 Å². The first-order chi connectivity index (χ1) is 9.52. The normalized spacial score (nSPS) is 10.3. The summed E-state index contributed by atoms with van der Waals surface area (Å²) in [6, 6.07) is 5.99. The van der Waals surface area contributed by atoms with Gasteiger partial charge in [0, 0.05) is 17.8 Å². The monoisotopic (exact) mass is 338 g/mol. The van der Waals surface area contributed by atoms with Crippen LogP contribution in [0.2, 0.25) is 0 Å². The number of anilines is 1. The Kier molecular flexibility index (Phi) is 4.14. The molecule has 0 radical (unpaired) electrons. The topological polar surface area (TPSA) is 101 Å². The van der Waals surface area contributed by atoms with Gasteiger partial charge in [-0.05, 0) is 28.4 Å². The second-order valence-electron chi connectivity index (χ2n) is 3.98. The van der Waals surface area contributed by atoms with Crippen LogP contribution < -0.4 is 5.32 Å². The summed E-state index contributed by atoms with van der Waals surface area (Å²) in [5.41, 5.74) is 0.910. The number of hydrogen-bond donors (Lipinski definition) is 2. The van der Waals surface area contributed by atoms with Crippen LogP contribution in [0.25, 0.3) is 0 Å². The van der Waals surface area contributed by atoms with Crippen LogP contribution >= 0.6 is 15.9 Å². The second kappa shape index (κ2) is 5.83. The Labute approximate surface area is 122 Å². The second-order valence-corrected chi connectivity index (χ2v) is 4.77. The highest BCUT2D eigenvalue weighted by molar-refractivity contribution is 9.10. The van der Waals surface area contributed by atoms with Gasteiger partial charge in [0.2, 0.25) is 0 Å². The SMILES string of the molecule is CCc1cc(NC(=O)c2cccc([N+](=O)[O-])c2Br)n[nH]1. The molecule has 1 amide bonds. The molecule has 104 valence electrons. The third-order valence-electron chi connectivity index (χ3n) is 2.67. The van der Waals surface area contributed by atoms with Gasteiger partial charge in [-0.3, -0.25) is 20.0 Å². The molecule has 0 atom stereocenters. The highest BCUT2D eigenvalue weighted by Crippen LogP contribution is 2.28. The summed E-state index contributed by atoms with van der Waals surface area (Å²) in [6.07, 6.45) is 0.767. The molecule has 2 aromatic rings. The van der Waals surface area contributed by atoms with E-state index in [2.05, 4.69) is 31.4 Å². The first kappa shape index (κ1) is 14.2. The van der Waals surface area contributed by atoms with E-state index < -0.39 is 10.8 Å². The maximum atomic E-state index is 12.1. The summed E-state index contributed by atoms with van der Waals surface area (Å²) in [4.78, 5) is 22.4. The lowest BCUT2D eigenvalue weighted by atomic mass is 10.2. The minimum atomic E-state index is -0.551. The van der Waals surface area contributed by atoms with Crippen molar-refractivity contribution in [3.05, 3.63) is 50.1 Å². The van der Waals surface area contributed by atoms with E-state index >= 15 is 0 Å². The number of halogens is 1. The third kappa shape index (κ3) is 2.85. The Bertz CT molecular complexity index is 668. The highest BCUT2D eigenvalue weighted by Gasteiger charge is 2.19. The van der Waals surface area contributed by atoms with Crippen molar-refractivity contribution in [2.45, 2.75) is 13.3 Å². The average Bonchev–Trinajstić information content (AvgIpc) is 2.86. The van der Waals surface area contributed by atoms with Crippen molar-refractivity contribution in [2.24, 2.45) is 0 Å². The number of carbonyl (C=O) groups excluding carboxylic acids is 1. The van der Waals surface area contributed by atoms with E-state index in [1.165, 1.54) is 18.2 Å². The molecule has 0 unspecified atom stereocenters. The molecule has 7 nitrogen and oxygen atoms in total. The molecule has 0 aliphatic rings. The van der Waals surface area contributed by atoms with Crippen LogP contribution in [0.15, 0.2) is 28.7 Å². The number of hydrogen-bond acceptors (Lipinski definition) is 4. The zero-order valence-electron chi connectivity index (χ0n) is 10.5. The van der Waals surface area contributed by atoms with Crippen LogP contribution in [0.5, 0.6) is 0 Å². The number of rotatable bonds is 4. The molecule has 1 aromatic heterocycles. The van der Waals surface area contributed by atoms with Crippen molar-refractivity contribution in [3.63, 3.8) is 0 Å². The quantitative estimate of drug-likeness (QED) is 0.660. The number of nitro benzene ring substituents is 1. The molecular weight excluding hydrogens is 328 g/mol. The van der Waals surface area contributed by atoms with E-state index in [0.29, 0.717) is 5.82 Å². The summed E-state index contributed by atoms with van der Waals surface area (Å²) in [6.45, 7) is 1.95. The molecule has 0 aliphatic heterocycles. The van der Waals surface area contributed by atoms with Gasteiger partial charge in [0.15, 0.2) is 5.82 Å². The zero-order valence-corrected chi connectivity index (χ0v) is 12.1. The summed E-state index contributed by atoms with van der Waals surface area (Å²) >= 11 is 3.08. The number of carbonyl (C=O) groups is 1. The van der Waals surface area contributed by atoms with Crippen LogP contribution in [-0.4, -0.2) is 21.0 Å². The molecule has 20 heavy (non-hydrogen) atoms. The molecule has 0 aliphatic carbocycles. The van der Waals surface area contributed by atoms with E-state index in [9.17, 15) is 14.9 Å². The van der Waals surface area contributed by atoms with Gasteiger partial charge in [-0.1, -0.05) is 13.0 Å². The summed E-state index contributed by atoms with van der Waals surface area (Å²) in [5.74, 6) is -0.0833. The van der Waals surface area contributed by atoms with E-state index in [1.807, 2.05) is 6.92 Å². The van der Waals surface area contributed by atoms with Crippen molar-refractivity contribution in [3.8, 4) is 0 Å². The lowest BCUT2D eigenvalue weighted by Crippen LogP contribution is -2.13. The summed E-state index contributed by atoms with van der Waals surface area (Å²) in [5, 5.41) is 20.1. The molecule has 0 saturated carbocycles. The standard InChI is InChI=1S/C12H11BrN4O3/c1-2-7-6-10(16-15-7)14-12(18)8-4-3-5-9(11(8)13)17(19)20/h3-6H,2H2,1H3,(H2,14,15,16,18). The minimum absolute atomic E-state index is 0.147. The van der Waals surface area contributed by atoms with Crippen molar-refractivity contribution in [1.82, 2.24) is 10.2 Å². The lowest BCUT2D eigenvalue weighted by molar-refractivity contribution is -0.385. The van der Waals surface area contributed by atoms with Crippen LogP contribution in [0, 0.1) is 10.1 Å². The van der Waals surface area contributed by atoms with Crippen molar-refractivity contribution in [2.75, 3.05) is 5.32 Å². The Balaban J connectivity index is 2.25. The Morgan fingerprint density at radius 3 is 2.90 bits per heavy atom. The van der Waals surface area contributed by atoms with E-state index in [4.69, 9.17) is 0 Å². The summed E-state index contributed by atoms with van der Waals surface area (Å²) in [7, 11) is 0. The fourth-order valence-electron chi connectivity index (χ4n) is 1.63. The number of aromatic amines is 1. The largest absolute Gasteiger partial charge is 0.305 e. The molecule has 0 spiro atoms. The van der Waals surface area contributed by atoms with Crippen LogP contribution in [0.4, 0.5) is 11.5 Å². The van der Waals surface area contributed by atoms with Gasteiger partial charge in [0.25, 0.3) is 11.6 Å². The highest BCUT2D eigenvalue weighted by atomic mass is 79.9. The van der Waals surface area contributed by atoms with Crippen LogP contribution in [0.1, 0.15) is 23.0 Å². The number of aromatic nitrogens is 2.